The summed E-state index contributed by atoms with van der Waals surface area (Å²) in [5.74, 6) is -1.76. The molecule has 0 saturated carbocycles. The third-order valence-electron chi connectivity index (χ3n) is 3.46. The van der Waals surface area contributed by atoms with Crippen molar-refractivity contribution in [3.63, 3.8) is 0 Å². The van der Waals surface area contributed by atoms with Crippen LogP contribution < -0.4 is 0 Å². The van der Waals surface area contributed by atoms with Gasteiger partial charge in [0.1, 0.15) is 0 Å². The largest absolute Gasteiger partial charge is 0.479 e. The van der Waals surface area contributed by atoms with Crippen molar-refractivity contribution < 1.29 is 27.9 Å². The van der Waals surface area contributed by atoms with Crippen molar-refractivity contribution in [3.05, 3.63) is 29.8 Å². The number of carboxylic acids is 1. The Kier molecular flexibility index (Phi) is 4.82. The molecule has 1 atom stereocenters. The Labute approximate surface area is 128 Å². The minimum Gasteiger partial charge on any atom is -0.479 e. The summed E-state index contributed by atoms with van der Waals surface area (Å²) in [6, 6.07) is 5.97. The average molecular weight is 327 g/mol. The van der Waals surface area contributed by atoms with Crippen LogP contribution in [0.15, 0.2) is 29.2 Å². The van der Waals surface area contributed by atoms with Gasteiger partial charge in [0.2, 0.25) is 0 Å². The third-order valence-corrected chi connectivity index (χ3v) is 5.25. The standard InChI is InChI=1S/C14H17NO6S/c1-2-22(19,20)12-6-4-3-5-10(12)13(16)15-7-8-21-11(9-15)14(17)18/h3-6,11H,2,7-9H2,1H3,(H,17,18). The van der Waals surface area contributed by atoms with Gasteiger partial charge in [-0.25, -0.2) is 13.2 Å². The normalized spacial score (nSPS) is 19.0. The maximum absolute atomic E-state index is 12.6. The fourth-order valence-electron chi connectivity index (χ4n) is 2.22. The number of nitrogens with zero attached hydrogens (tertiary/aromatic N) is 1. The van der Waals surface area contributed by atoms with Gasteiger partial charge in [-0.05, 0) is 12.1 Å². The maximum atomic E-state index is 12.6. The second kappa shape index (κ2) is 6.45. The van der Waals surface area contributed by atoms with Crippen molar-refractivity contribution in [2.24, 2.45) is 0 Å². The van der Waals surface area contributed by atoms with Crippen LogP contribution in [0.25, 0.3) is 0 Å². The fraction of sp³-hybridized carbons (Fsp3) is 0.429. The lowest BCUT2D eigenvalue weighted by molar-refractivity contribution is -0.154. The molecule has 1 aliphatic heterocycles. The van der Waals surface area contributed by atoms with Gasteiger partial charge in [-0.2, -0.15) is 0 Å². The van der Waals surface area contributed by atoms with E-state index in [2.05, 4.69) is 0 Å². The third kappa shape index (κ3) is 3.28. The molecule has 0 spiro atoms. The number of hydrogen-bond acceptors (Lipinski definition) is 5. The lowest BCUT2D eigenvalue weighted by atomic mass is 10.1. The predicted octanol–water partition coefficient (Wildman–Crippen LogP) is 0.406. The van der Waals surface area contributed by atoms with Crippen molar-refractivity contribution in [1.29, 1.82) is 0 Å². The lowest BCUT2D eigenvalue weighted by Gasteiger charge is -2.31. The molecule has 1 aromatic rings. The summed E-state index contributed by atoms with van der Waals surface area (Å²) in [6.07, 6.45) is -1.09. The van der Waals surface area contributed by atoms with Crippen LogP contribution in [0.5, 0.6) is 0 Å². The molecule has 1 aromatic carbocycles. The molecule has 1 amide bonds. The monoisotopic (exact) mass is 327 g/mol. The van der Waals surface area contributed by atoms with Gasteiger partial charge in [0.05, 0.1) is 29.4 Å². The van der Waals surface area contributed by atoms with E-state index in [4.69, 9.17) is 9.84 Å². The Hall–Kier alpha value is -1.93. The Morgan fingerprint density at radius 1 is 1.36 bits per heavy atom. The second-order valence-electron chi connectivity index (χ2n) is 4.85. The number of rotatable bonds is 4. The highest BCUT2D eigenvalue weighted by Gasteiger charge is 2.31. The first-order chi connectivity index (χ1) is 10.4. The van der Waals surface area contributed by atoms with Crippen molar-refractivity contribution in [1.82, 2.24) is 4.90 Å². The first kappa shape index (κ1) is 16.4. The smallest absolute Gasteiger partial charge is 0.334 e. The molecule has 1 unspecified atom stereocenters. The highest BCUT2D eigenvalue weighted by molar-refractivity contribution is 7.91. The number of benzene rings is 1. The molecule has 120 valence electrons. The molecular weight excluding hydrogens is 310 g/mol. The molecular formula is C14H17NO6S. The van der Waals surface area contributed by atoms with Gasteiger partial charge in [-0.3, -0.25) is 4.79 Å². The zero-order valence-corrected chi connectivity index (χ0v) is 12.9. The molecule has 1 fully saturated rings. The number of sulfone groups is 1. The van der Waals surface area contributed by atoms with Gasteiger partial charge in [0.25, 0.3) is 5.91 Å². The van der Waals surface area contributed by atoms with Crippen LogP contribution in [-0.2, 0) is 19.4 Å². The van der Waals surface area contributed by atoms with E-state index in [1.54, 1.807) is 12.1 Å². The van der Waals surface area contributed by atoms with Crippen LogP contribution in [0.3, 0.4) is 0 Å². The minimum atomic E-state index is -3.54. The van der Waals surface area contributed by atoms with Crippen LogP contribution >= 0.6 is 0 Å². The van der Waals surface area contributed by atoms with Crippen LogP contribution in [0.2, 0.25) is 0 Å². The van der Waals surface area contributed by atoms with Crippen molar-refractivity contribution in [2.45, 2.75) is 17.9 Å². The van der Waals surface area contributed by atoms with Gasteiger partial charge in [-0.1, -0.05) is 19.1 Å². The summed E-state index contributed by atoms with van der Waals surface area (Å²) in [5, 5.41) is 8.97. The molecule has 0 aliphatic carbocycles. The highest BCUT2D eigenvalue weighted by atomic mass is 32.2. The number of amides is 1. The van der Waals surface area contributed by atoms with Gasteiger partial charge in [0.15, 0.2) is 15.9 Å². The summed E-state index contributed by atoms with van der Waals surface area (Å²) >= 11 is 0. The first-order valence-corrected chi connectivity index (χ1v) is 8.47. The molecule has 1 saturated heterocycles. The van der Waals surface area contributed by atoms with E-state index in [0.717, 1.165) is 0 Å². The molecule has 1 N–H and O–H groups in total. The summed E-state index contributed by atoms with van der Waals surface area (Å²) < 4.78 is 29.2. The fourth-order valence-corrected chi connectivity index (χ4v) is 3.31. The number of ether oxygens (including phenoxy) is 1. The van der Waals surface area contributed by atoms with Crippen LogP contribution in [0.1, 0.15) is 17.3 Å². The summed E-state index contributed by atoms with van der Waals surface area (Å²) in [5.41, 5.74) is 0.0652. The molecule has 0 aromatic heterocycles. The van der Waals surface area contributed by atoms with E-state index < -0.39 is 27.8 Å². The lowest BCUT2D eigenvalue weighted by Crippen LogP contribution is -2.48. The summed E-state index contributed by atoms with van der Waals surface area (Å²) in [6.45, 7) is 1.73. The first-order valence-electron chi connectivity index (χ1n) is 6.82. The number of carbonyl (C=O) groups is 2. The highest BCUT2D eigenvalue weighted by Crippen LogP contribution is 2.20. The van der Waals surface area contributed by atoms with Gasteiger partial charge in [0, 0.05) is 6.54 Å². The van der Waals surface area contributed by atoms with Crippen molar-refractivity contribution in [2.75, 3.05) is 25.4 Å². The summed E-state index contributed by atoms with van der Waals surface area (Å²) in [7, 11) is -3.54. The van der Waals surface area contributed by atoms with E-state index in [1.807, 2.05) is 0 Å². The average Bonchev–Trinajstić information content (AvgIpc) is 2.54. The zero-order valence-electron chi connectivity index (χ0n) is 12.1. The molecule has 2 rings (SSSR count). The van der Waals surface area contributed by atoms with E-state index in [9.17, 15) is 18.0 Å². The molecule has 22 heavy (non-hydrogen) atoms. The number of morpholine rings is 1. The SMILES string of the molecule is CCS(=O)(=O)c1ccccc1C(=O)N1CCOC(C(=O)O)C1. The van der Waals surface area contributed by atoms with Gasteiger partial charge < -0.3 is 14.7 Å². The van der Waals surface area contributed by atoms with E-state index >= 15 is 0 Å². The van der Waals surface area contributed by atoms with E-state index in [0.29, 0.717) is 0 Å². The maximum Gasteiger partial charge on any atom is 0.334 e. The van der Waals surface area contributed by atoms with Crippen LogP contribution in [-0.4, -0.2) is 61.9 Å². The van der Waals surface area contributed by atoms with Gasteiger partial charge in [-0.15, -0.1) is 0 Å². The van der Waals surface area contributed by atoms with Gasteiger partial charge >= 0.3 is 5.97 Å². The Morgan fingerprint density at radius 2 is 2.05 bits per heavy atom. The number of hydrogen-bond donors (Lipinski definition) is 1. The number of aliphatic carboxylic acids is 1. The van der Waals surface area contributed by atoms with E-state index in [1.165, 1.54) is 24.0 Å². The number of carbonyl (C=O) groups excluding carboxylic acids is 1. The zero-order chi connectivity index (χ0) is 16.3. The number of carboxylic acid groups (broad SMARTS) is 1. The Bertz CT molecular complexity index is 684. The minimum absolute atomic E-state index is 0.0270. The molecule has 8 heteroatoms. The van der Waals surface area contributed by atoms with Crippen molar-refractivity contribution >= 4 is 21.7 Å². The molecule has 1 heterocycles. The second-order valence-corrected chi connectivity index (χ2v) is 7.10. The van der Waals surface area contributed by atoms with Crippen molar-refractivity contribution in [3.8, 4) is 0 Å². The Balaban J connectivity index is 2.32. The molecule has 0 bridgehead atoms. The summed E-state index contributed by atoms with van der Waals surface area (Å²) in [4.78, 5) is 24.8. The molecule has 7 nitrogen and oxygen atoms in total. The predicted molar refractivity (Wildman–Crippen MR) is 77.4 cm³/mol. The van der Waals surface area contributed by atoms with E-state index in [-0.39, 0.29) is 35.9 Å². The van der Waals surface area contributed by atoms with Crippen LogP contribution in [0, 0.1) is 0 Å². The molecule has 1 aliphatic rings. The topological polar surface area (TPSA) is 101 Å². The quantitative estimate of drug-likeness (QED) is 0.859. The molecule has 0 radical (unpaired) electrons. The van der Waals surface area contributed by atoms with Crippen LogP contribution in [0.4, 0.5) is 0 Å². The Morgan fingerprint density at radius 3 is 2.68 bits per heavy atom.